The molecule has 0 aliphatic heterocycles. The fourth-order valence-corrected chi connectivity index (χ4v) is 1.87. The van der Waals surface area contributed by atoms with Crippen LogP contribution >= 0.6 is 7.82 Å². The van der Waals surface area contributed by atoms with Gasteiger partial charge in [-0.15, -0.1) is 0 Å². The van der Waals surface area contributed by atoms with Crippen molar-refractivity contribution in [2.24, 2.45) is 0 Å². The molecule has 2 rings (SSSR count). The molecule has 0 amide bonds. The molecule has 0 radical (unpaired) electrons. The van der Waals surface area contributed by atoms with Crippen molar-refractivity contribution < 1.29 is 36.5 Å². The number of fused-ring (bicyclic) bond motifs is 1. The molecule has 0 saturated carbocycles. The fourth-order valence-electron chi connectivity index (χ4n) is 1.48. The highest BCUT2D eigenvalue weighted by atomic mass is 31.2. The molecule has 10 heteroatoms. The van der Waals surface area contributed by atoms with Crippen LogP contribution in [-0.2, 0) is 10.7 Å². The smallest absolute Gasteiger partial charge is 0.422 e. The first kappa shape index (κ1) is 14.6. The Balaban J connectivity index is 2.56. The molecule has 0 atom stereocenters. The maximum atomic E-state index is 12.5. The lowest BCUT2D eigenvalue weighted by Gasteiger charge is -2.08. The third-order valence-electron chi connectivity index (χ3n) is 2.24. The molecule has 1 heterocycles. The van der Waals surface area contributed by atoms with E-state index in [0.29, 0.717) is 6.07 Å². The lowest BCUT2D eigenvalue weighted by Crippen LogP contribution is -2.17. The van der Waals surface area contributed by atoms with E-state index in [-0.39, 0.29) is 16.7 Å². The van der Waals surface area contributed by atoms with Gasteiger partial charge in [0.05, 0.1) is 0 Å². The van der Waals surface area contributed by atoms with Gasteiger partial charge in [0.15, 0.2) is 0 Å². The van der Waals surface area contributed by atoms with E-state index in [0.717, 1.165) is 18.2 Å². The summed E-state index contributed by atoms with van der Waals surface area (Å²) in [5, 5.41) is -0.0602. The van der Waals surface area contributed by atoms with Crippen LogP contribution in [0.1, 0.15) is 5.56 Å². The van der Waals surface area contributed by atoms with Gasteiger partial charge in [0.1, 0.15) is 16.9 Å². The molecule has 0 unspecified atom stereocenters. The zero-order chi connectivity index (χ0) is 15.1. The molecule has 0 aliphatic rings. The van der Waals surface area contributed by atoms with Gasteiger partial charge in [-0.05, 0) is 18.2 Å². The van der Waals surface area contributed by atoms with Gasteiger partial charge in [0, 0.05) is 11.5 Å². The summed E-state index contributed by atoms with van der Waals surface area (Å²) in [6, 6.07) is 3.62. The second kappa shape index (κ2) is 4.62. The van der Waals surface area contributed by atoms with Crippen molar-refractivity contribution >= 4 is 18.8 Å². The highest BCUT2D eigenvalue weighted by Gasteiger charge is 2.35. The molecule has 0 saturated heterocycles. The Morgan fingerprint density at radius 1 is 1.20 bits per heavy atom. The molecular weight excluding hydrogens is 304 g/mol. The third-order valence-corrected chi connectivity index (χ3v) is 2.69. The molecule has 1 aromatic carbocycles. The summed E-state index contributed by atoms with van der Waals surface area (Å²) in [5.74, 6) is -0.339. The lowest BCUT2D eigenvalue weighted by molar-refractivity contribution is -0.139. The molecule has 0 bridgehead atoms. The Kier molecular flexibility index (Phi) is 3.37. The van der Waals surface area contributed by atoms with Crippen LogP contribution in [0, 0.1) is 0 Å². The van der Waals surface area contributed by atoms with Gasteiger partial charge in [-0.3, -0.25) is 9.79 Å². The lowest BCUT2D eigenvalue weighted by atomic mass is 10.2. The molecule has 6 nitrogen and oxygen atoms in total. The SMILES string of the molecule is O=c1oc2cc(OP(=O)(O)O)ccc2cc1C(F)(F)F. The Bertz CT molecular complexity index is 760. The zero-order valence-corrected chi connectivity index (χ0v) is 10.3. The van der Waals surface area contributed by atoms with Gasteiger partial charge in [0.25, 0.3) is 0 Å². The summed E-state index contributed by atoms with van der Waals surface area (Å²) in [4.78, 5) is 28.4. The summed E-state index contributed by atoms with van der Waals surface area (Å²) in [6.45, 7) is 0. The first-order chi connectivity index (χ1) is 9.06. The van der Waals surface area contributed by atoms with E-state index in [1.165, 1.54) is 0 Å². The number of rotatable bonds is 2. The van der Waals surface area contributed by atoms with E-state index >= 15 is 0 Å². The fraction of sp³-hybridized carbons (Fsp3) is 0.100. The summed E-state index contributed by atoms with van der Waals surface area (Å²) < 4.78 is 56.8. The van der Waals surface area contributed by atoms with Crippen molar-refractivity contribution in [2.45, 2.75) is 6.18 Å². The van der Waals surface area contributed by atoms with Crippen molar-refractivity contribution in [3.05, 3.63) is 40.2 Å². The summed E-state index contributed by atoms with van der Waals surface area (Å²) in [5.41, 5.74) is -3.35. The number of hydrogen-bond acceptors (Lipinski definition) is 4. The van der Waals surface area contributed by atoms with Crippen molar-refractivity contribution in [2.75, 3.05) is 0 Å². The van der Waals surface area contributed by atoms with Crippen LogP contribution in [0.25, 0.3) is 11.0 Å². The van der Waals surface area contributed by atoms with Crippen LogP contribution in [0.2, 0.25) is 0 Å². The zero-order valence-electron chi connectivity index (χ0n) is 9.42. The van der Waals surface area contributed by atoms with E-state index < -0.39 is 25.2 Å². The van der Waals surface area contributed by atoms with Crippen LogP contribution in [0.3, 0.4) is 0 Å². The number of phosphoric acid groups is 1. The summed E-state index contributed by atoms with van der Waals surface area (Å²) in [7, 11) is -4.81. The second-order valence-electron chi connectivity index (χ2n) is 3.73. The second-order valence-corrected chi connectivity index (χ2v) is 4.89. The highest BCUT2D eigenvalue weighted by Crippen LogP contribution is 2.38. The predicted octanol–water partition coefficient (Wildman–Crippen LogP) is 2.28. The van der Waals surface area contributed by atoms with Gasteiger partial charge in [-0.1, -0.05) is 0 Å². The van der Waals surface area contributed by atoms with E-state index in [1.807, 2.05) is 0 Å². The van der Waals surface area contributed by atoms with Crippen LogP contribution < -0.4 is 10.1 Å². The Labute approximate surface area is 108 Å². The molecule has 20 heavy (non-hydrogen) atoms. The number of benzene rings is 1. The first-order valence-corrected chi connectivity index (χ1v) is 6.49. The molecule has 2 N–H and O–H groups in total. The highest BCUT2D eigenvalue weighted by molar-refractivity contribution is 7.46. The summed E-state index contributed by atoms with van der Waals surface area (Å²) in [6.07, 6.45) is -4.85. The minimum absolute atomic E-state index is 0.0602. The number of hydrogen-bond donors (Lipinski definition) is 2. The number of halogens is 3. The molecule has 0 spiro atoms. The Morgan fingerprint density at radius 3 is 2.40 bits per heavy atom. The van der Waals surface area contributed by atoms with Gasteiger partial charge >= 0.3 is 19.6 Å². The van der Waals surface area contributed by atoms with Crippen LogP contribution in [0.4, 0.5) is 13.2 Å². The Morgan fingerprint density at radius 2 is 1.85 bits per heavy atom. The van der Waals surface area contributed by atoms with E-state index in [4.69, 9.17) is 9.79 Å². The van der Waals surface area contributed by atoms with Gasteiger partial charge in [0.2, 0.25) is 0 Å². The van der Waals surface area contributed by atoms with Gasteiger partial charge in [-0.25, -0.2) is 9.36 Å². The first-order valence-electron chi connectivity index (χ1n) is 4.96. The number of phosphoric ester groups is 1. The van der Waals surface area contributed by atoms with Crippen LogP contribution in [0.5, 0.6) is 5.75 Å². The van der Waals surface area contributed by atoms with E-state index in [2.05, 4.69) is 8.94 Å². The van der Waals surface area contributed by atoms with Crippen LogP contribution in [0.15, 0.2) is 33.5 Å². The summed E-state index contributed by atoms with van der Waals surface area (Å²) >= 11 is 0. The maximum absolute atomic E-state index is 12.5. The van der Waals surface area contributed by atoms with Crippen LogP contribution in [-0.4, -0.2) is 9.79 Å². The largest absolute Gasteiger partial charge is 0.524 e. The quantitative estimate of drug-likeness (QED) is 0.652. The molecule has 108 valence electrons. The average Bonchev–Trinajstić information content (AvgIpc) is 2.24. The monoisotopic (exact) mass is 310 g/mol. The third kappa shape index (κ3) is 3.19. The molecule has 2 aromatic rings. The van der Waals surface area contributed by atoms with E-state index in [1.54, 1.807) is 0 Å². The van der Waals surface area contributed by atoms with E-state index in [9.17, 15) is 22.5 Å². The number of alkyl halides is 3. The average molecular weight is 310 g/mol. The van der Waals surface area contributed by atoms with Crippen molar-refractivity contribution in [1.29, 1.82) is 0 Å². The van der Waals surface area contributed by atoms with Crippen molar-refractivity contribution in [1.82, 2.24) is 0 Å². The Hall–Kier alpha value is -1.83. The molecule has 0 aliphatic carbocycles. The van der Waals surface area contributed by atoms with Crippen molar-refractivity contribution in [3.63, 3.8) is 0 Å². The normalized spacial score (nSPS) is 12.7. The van der Waals surface area contributed by atoms with Crippen molar-refractivity contribution in [3.8, 4) is 5.75 Å². The molecule has 0 fully saturated rings. The molecular formula is C10H6F3O6P. The minimum Gasteiger partial charge on any atom is -0.422 e. The minimum atomic E-state index is -4.85. The maximum Gasteiger partial charge on any atom is 0.524 e. The standard InChI is InChI=1S/C10H6F3O6P/c11-10(12,13)7-3-5-1-2-6(19-20(15,16)17)4-8(5)18-9(7)14/h1-4H,(H2,15,16,17). The predicted molar refractivity (Wildman–Crippen MR) is 60.2 cm³/mol. The topological polar surface area (TPSA) is 97.0 Å². The van der Waals surface area contributed by atoms with Gasteiger partial charge in [-0.2, -0.15) is 13.2 Å². The van der Waals surface area contributed by atoms with Gasteiger partial charge < -0.3 is 8.94 Å². The molecule has 1 aromatic heterocycles.